The van der Waals surface area contributed by atoms with Crippen molar-refractivity contribution in [1.82, 2.24) is 0 Å². The Morgan fingerprint density at radius 1 is 1.09 bits per heavy atom. The monoisotopic (exact) mass is 324 g/mol. The first kappa shape index (κ1) is 14.9. The van der Waals surface area contributed by atoms with Crippen LogP contribution in [0.4, 0.5) is 14.5 Å². The SMILES string of the molecule is NS(=O)(=O)c1ccc2c(c1)CCN2Cc1ccc(F)c(F)c1. The van der Waals surface area contributed by atoms with Crippen molar-refractivity contribution in [1.29, 1.82) is 0 Å². The molecule has 116 valence electrons. The van der Waals surface area contributed by atoms with Gasteiger partial charge >= 0.3 is 0 Å². The highest BCUT2D eigenvalue weighted by atomic mass is 32.2. The van der Waals surface area contributed by atoms with E-state index in [-0.39, 0.29) is 4.90 Å². The number of rotatable bonds is 3. The molecular weight excluding hydrogens is 310 g/mol. The lowest BCUT2D eigenvalue weighted by Crippen LogP contribution is -2.19. The molecule has 2 aromatic rings. The highest BCUT2D eigenvalue weighted by Gasteiger charge is 2.21. The lowest BCUT2D eigenvalue weighted by molar-refractivity contribution is 0.507. The van der Waals surface area contributed by atoms with Gasteiger partial charge in [-0.05, 0) is 47.9 Å². The summed E-state index contributed by atoms with van der Waals surface area (Å²) < 4.78 is 48.9. The molecule has 0 fully saturated rings. The van der Waals surface area contributed by atoms with Gasteiger partial charge in [-0.25, -0.2) is 22.3 Å². The molecule has 2 aromatic carbocycles. The number of primary sulfonamides is 1. The van der Waals surface area contributed by atoms with E-state index >= 15 is 0 Å². The van der Waals surface area contributed by atoms with Gasteiger partial charge in [0, 0.05) is 18.8 Å². The summed E-state index contributed by atoms with van der Waals surface area (Å²) >= 11 is 0. The molecule has 4 nitrogen and oxygen atoms in total. The maximum absolute atomic E-state index is 13.3. The third kappa shape index (κ3) is 2.82. The fraction of sp³-hybridized carbons (Fsp3) is 0.200. The first-order valence-corrected chi connectivity index (χ1v) is 8.24. The molecule has 0 amide bonds. The van der Waals surface area contributed by atoms with Crippen LogP contribution in [0.2, 0.25) is 0 Å². The fourth-order valence-electron chi connectivity index (χ4n) is 2.65. The molecule has 0 saturated carbocycles. The van der Waals surface area contributed by atoms with Gasteiger partial charge < -0.3 is 4.90 Å². The van der Waals surface area contributed by atoms with Crippen molar-refractivity contribution in [2.24, 2.45) is 5.14 Å². The Hall–Kier alpha value is -1.99. The standard InChI is InChI=1S/C15H14F2N2O2S/c16-13-3-1-10(7-14(13)17)9-19-6-5-11-8-12(22(18,20)21)2-4-15(11)19/h1-4,7-8H,5-6,9H2,(H2,18,20,21). The molecule has 0 saturated heterocycles. The van der Waals surface area contributed by atoms with Crippen molar-refractivity contribution < 1.29 is 17.2 Å². The first-order chi connectivity index (χ1) is 10.3. The molecule has 0 atom stereocenters. The van der Waals surface area contributed by atoms with Gasteiger partial charge in [-0.1, -0.05) is 6.07 Å². The Balaban J connectivity index is 1.87. The molecule has 1 heterocycles. The second-order valence-corrected chi connectivity index (χ2v) is 6.82. The molecular formula is C15H14F2N2O2S. The lowest BCUT2D eigenvalue weighted by Gasteiger charge is -2.19. The molecule has 0 bridgehead atoms. The molecule has 0 unspecified atom stereocenters. The van der Waals surface area contributed by atoms with Crippen LogP contribution in [0.15, 0.2) is 41.3 Å². The van der Waals surface area contributed by atoms with E-state index in [1.165, 1.54) is 18.2 Å². The molecule has 0 spiro atoms. The van der Waals surface area contributed by atoms with Crippen molar-refractivity contribution in [3.63, 3.8) is 0 Å². The smallest absolute Gasteiger partial charge is 0.238 e. The Morgan fingerprint density at radius 3 is 2.55 bits per heavy atom. The number of sulfonamides is 1. The van der Waals surface area contributed by atoms with Crippen LogP contribution in [-0.2, 0) is 23.0 Å². The summed E-state index contributed by atoms with van der Waals surface area (Å²) in [7, 11) is -3.72. The minimum Gasteiger partial charge on any atom is -0.367 e. The topological polar surface area (TPSA) is 63.4 Å². The van der Waals surface area contributed by atoms with Crippen LogP contribution in [0.1, 0.15) is 11.1 Å². The van der Waals surface area contributed by atoms with E-state index in [0.29, 0.717) is 25.1 Å². The number of fused-ring (bicyclic) bond motifs is 1. The first-order valence-electron chi connectivity index (χ1n) is 6.69. The van der Waals surface area contributed by atoms with E-state index in [9.17, 15) is 17.2 Å². The van der Waals surface area contributed by atoms with Gasteiger partial charge in [0.15, 0.2) is 11.6 Å². The third-order valence-corrected chi connectivity index (χ3v) is 4.64. The Morgan fingerprint density at radius 2 is 1.86 bits per heavy atom. The van der Waals surface area contributed by atoms with Crippen LogP contribution in [-0.4, -0.2) is 15.0 Å². The van der Waals surface area contributed by atoms with Crippen molar-refractivity contribution in [3.8, 4) is 0 Å². The number of hydrogen-bond donors (Lipinski definition) is 1. The Kier molecular flexibility index (Phi) is 3.62. The number of nitrogens with zero attached hydrogens (tertiary/aromatic N) is 1. The zero-order valence-corrected chi connectivity index (χ0v) is 12.4. The zero-order chi connectivity index (χ0) is 15.9. The fourth-order valence-corrected chi connectivity index (χ4v) is 3.21. The highest BCUT2D eigenvalue weighted by Crippen LogP contribution is 2.31. The molecule has 1 aliphatic rings. The normalized spacial score (nSPS) is 14.2. The summed E-state index contributed by atoms with van der Waals surface area (Å²) in [5.41, 5.74) is 2.42. The predicted octanol–water partition coefficient (Wildman–Crippen LogP) is 2.17. The minimum absolute atomic E-state index is 0.0842. The largest absolute Gasteiger partial charge is 0.367 e. The number of halogens is 2. The lowest BCUT2D eigenvalue weighted by atomic mass is 10.1. The average molecular weight is 324 g/mol. The summed E-state index contributed by atoms with van der Waals surface area (Å²) in [5.74, 6) is -1.75. The minimum atomic E-state index is -3.72. The summed E-state index contributed by atoms with van der Waals surface area (Å²) in [6, 6.07) is 8.53. The van der Waals surface area contributed by atoms with Gasteiger partial charge in [0.25, 0.3) is 0 Å². The van der Waals surface area contributed by atoms with Crippen molar-refractivity contribution in [2.45, 2.75) is 17.9 Å². The van der Waals surface area contributed by atoms with Gasteiger partial charge in [0.05, 0.1) is 4.90 Å². The van der Waals surface area contributed by atoms with Crippen molar-refractivity contribution in [3.05, 3.63) is 59.2 Å². The van der Waals surface area contributed by atoms with Crippen LogP contribution in [0, 0.1) is 11.6 Å². The maximum Gasteiger partial charge on any atom is 0.238 e. The van der Waals surface area contributed by atoms with Crippen LogP contribution < -0.4 is 10.0 Å². The molecule has 22 heavy (non-hydrogen) atoms. The van der Waals surface area contributed by atoms with Crippen LogP contribution in [0.3, 0.4) is 0 Å². The van der Waals surface area contributed by atoms with Gasteiger partial charge in [-0.2, -0.15) is 0 Å². The van der Waals surface area contributed by atoms with Gasteiger partial charge in [0.2, 0.25) is 10.0 Å². The zero-order valence-electron chi connectivity index (χ0n) is 11.6. The summed E-state index contributed by atoms with van der Waals surface area (Å²) in [6.07, 6.45) is 0.683. The van der Waals surface area contributed by atoms with Crippen molar-refractivity contribution >= 4 is 15.7 Å². The quantitative estimate of drug-likeness (QED) is 0.941. The molecule has 0 aliphatic carbocycles. The number of benzene rings is 2. The van der Waals surface area contributed by atoms with E-state index in [0.717, 1.165) is 17.3 Å². The molecule has 3 rings (SSSR count). The van der Waals surface area contributed by atoms with Crippen molar-refractivity contribution in [2.75, 3.05) is 11.4 Å². The molecule has 7 heteroatoms. The van der Waals surface area contributed by atoms with Crippen LogP contribution >= 0.6 is 0 Å². The average Bonchev–Trinajstić information content (AvgIpc) is 2.84. The Labute approximate surface area is 127 Å². The summed E-state index contributed by atoms with van der Waals surface area (Å²) in [6.45, 7) is 1.11. The van der Waals surface area contributed by atoms with E-state index in [4.69, 9.17) is 5.14 Å². The third-order valence-electron chi connectivity index (χ3n) is 3.73. The molecule has 1 aliphatic heterocycles. The predicted molar refractivity (Wildman–Crippen MR) is 78.9 cm³/mol. The molecule has 0 radical (unpaired) electrons. The number of hydrogen-bond acceptors (Lipinski definition) is 3. The van der Waals surface area contributed by atoms with E-state index in [1.54, 1.807) is 12.1 Å². The molecule has 2 N–H and O–H groups in total. The van der Waals surface area contributed by atoms with Gasteiger partial charge in [-0.15, -0.1) is 0 Å². The number of anilines is 1. The van der Waals surface area contributed by atoms with E-state index < -0.39 is 21.7 Å². The second kappa shape index (κ2) is 5.33. The highest BCUT2D eigenvalue weighted by molar-refractivity contribution is 7.89. The van der Waals surface area contributed by atoms with Crippen LogP contribution in [0.25, 0.3) is 0 Å². The maximum atomic E-state index is 13.3. The number of nitrogens with two attached hydrogens (primary N) is 1. The molecule has 0 aromatic heterocycles. The van der Waals surface area contributed by atoms with Crippen LogP contribution in [0.5, 0.6) is 0 Å². The summed E-state index contributed by atoms with van der Waals surface area (Å²) in [5, 5.41) is 5.12. The van der Waals surface area contributed by atoms with E-state index in [1.807, 2.05) is 4.90 Å². The Bertz CT molecular complexity index is 837. The van der Waals surface area contributed by atoms with E-state index in [2.05, 4.69) is 0 Å². The van der Waals surface area contributed by atoms with Gasteiger partial charge in [-0.3, -0.25) is 0 Å². The second-order valence-electron chi connectivity index (χ2n) is 5.26. The summed E-state index contributed by atoms with van der Waals surface area (Å²) in [4.78, 5) is 2.08. The van der Waals surface area contributed by atoms with Gasteiger partial charge in [0.1, 0.15) is 0 Å².